The Balaban J connectivity index is 1.83. The largest absolute Gasteiger partial charge is 0.492 e. The van der Waals surface area contributed by atoms with Crippen LogP contribution >= 0.6 is 11.3 Å². The normalized spacial score (nSPS) is 13.2. The molecule has 5 nitrogen and oxygen atoms in total. The molecule has 0 fully saturated rings. The van der Waals surface area contributed by atoms with Gasteiger partial charge in [-0.15, -0.1) is 11.3 Å². The number of sulfonamides is 1. The van der Waals surface area contributed by atoms with Crippen molar-refractivity contribution in [1.29, 1.82) is 0 Å². The molecule has 0 bridgehead atoms. The van der Waals surface area contributed by atoms with Crippen LogP contribution in [0.15, 0.2) is 46.7 Å². The van der Waals surface area contributed by atoms with Gasteiger partial charge in [-0.05, 0) is 41.6 Å². The summed E-state index contributed by atoms with van der Waals surface area (Å²) in [4.78, 5) is 1.40. The number of hydrogen-bond donors (Lipinski definition) is 2. The van der Waals surface area contributed by atoms with Crippen molar-refractivity contribution < 1.29 is 13.2 Å². The van der Waals surface area contributed by atoms with Crippen LogP contribution in [0, 0.1) is 5.92 Å². The van der Waals surface area contributed by atoms with Gasteiger partial charge in [-0.25, -0.2) is 13.6 Å². The summed E-state index contributed by atoms with van der Waals surface area (Å²) >= 11 is 1.75. The van der Waals surface area contributed by atoms with Crippen LogP contribution in [0.1, 0.15) is 24.8 Å². The maximum Gasteiger partial charge on any atom is 0.238 e. The summed E-state index contributed by atoms with van der Waals surface area (Å²) in [6.07, 6.45) is 0. The van der Waals surface area contributed by atoms with E-state index in [0.29, 0.717) is 30.9 Å². The highest BCUT2D eigenvalue weighted by atomic mass is 32.2. The van der Waals surface area contributed by atoms with E-state index in [-0.39, 0.29) is 4.90 Å². The Hall–Kier alpha value is -1.41. The maximum absolute atomic E-state index is 11.2. The summed E-state index contributed by atoms with van der Waals surface area (Å²) in [5, 5.41) is 10.6. The molecule has 3 N–H and O–H groups in total. The third kappa shape index (κ3) is 5.31. The zero-order valence-electron chi connectivity index (χ0n) is 13.2. The molecule has 0 spiro atoms. The first kappa shape index (κ1) is 17.9. The minimum atomic E-state index is -3.66. The third-order valence-corrected chi connectivity index (χ3v) is 5.29. The van der Waals surface area contributed by atoms with Gasteiger partial charge in [-0.3, -0.25) is 0 Å². The molecule has 1 aromatic heterocycles. The predicted molar refractivity (Wildman–Crippen MR) is 93.2 cm³/mol. The number of nitrogens with one attached hydrogen (secondary N) is 1. The minimum absolute atomic E-state index is 0.0838. The van der Waals surface area contributed by atoms with Gasteiger partial charge >= 0.3 is 0 Å². The van der Waals surface area contributed by atoms with Gasteiger partial charge in [0.25, 0.3) is 0 Å². The maximum atomic E-state index is 11.2. The highest BCUT2D eigenvalue weighted by molar-refractivity contribution is 7.89. The van der Waals surface area contributed by atoms with Crippen LogP contribution in [-0.4, -0.2) is 21.6 Å². The van der Waals surface area contributed by atoms with Gasteiger partial charge in [-0.2, -0.15) is 0 Å². The van der Waals surface area contributed by atoms with E-state index >= 15 is 0 Å². The average molecular weight is 354 g/mol. The second kappa shape index (κ2) is 7.92. The van der Waals surface area contributed by atoms with Crippen molar-refractivity contribution in [1.82, 2.24) is 5.32 Å². The molecule has 0 amide bonds. The fourth-order valence-electron chi connectivity index (χ4n) is 2.24. The van der Waals surface area contributed by atoms with E-state index < -0.39 is 10.0 Å². The Labute approximate surface area is 141 Å². The van der Waals surface area contributed by atoms with Gasteiger partial charge in [-0.1, -0.05) is 19.9 Å². The second-order valence-corrected chi connectivity index (χ2v) is 8.10. The molecule has 23 heavy (non-hydrogen) atoms. The first-order valence-electron chi connectivity index (χ1n) is 7.40. The molecule has 2 aromatic rings. The smallest absolute Gasteiger partial charge is 0.238 e. The Kier molecular flexibility index (Phi) is 6.17. The molecule has 0 saturated heterocycles. The molecule has 7 heteroatoms. The second-order valence-electron chi connectivity index (χ2n) is 5.56. The van der Waals surface area contributed by atoms with Crippen LogP contribution in [0.3, 0.4) is 0 Å². The highest BCUT2D eigenvalue weighted by Gasteiger charge is 2.15. The van der Waals surface area contributed by atoms with Gasteiger partial charge in [0.05, 0.1) is 4.90 Å². The standard InChI is InChI=1S/C16H22N2O3S2/c1-12(2)16(15-4-3-11-22-15)18-9-10-21-13-5-7-14(8-6-13)23(17,19)20/h3-8,11-12,16,18H,9-10H2,1-2H3,(H2,17,19,20). The molecular weight excluding hydrogens is 332 g/mol. The lowest BCUT2D eigenvalue weighted by Gasteiger charge is -2.21. The summed E-state index contributed by atoms with van der Waals surface area (Å²) < 4.78 is 28.0. The minimum Gasteiger partial charge on any atom is -0.492 e. The number of hydrogen-bond acceptors (Lipinski definition) is 5. The van der Waals surface area contributed by atoms with E-state index in [9.17, 15) is 8.42 Å². The number of ether oxygens (including phenoxy) is 1. The number of rotatable bonds is 8. The summed E-state index contributed by atoms with van der Waals surface area (Å²) in [6.45, 7) is 5.58. The number of nitrogens with two attached hydrogens (primary N) is 1. The molecule has 2 rings (SSSR count). The van der Waals surface area contributed by atoms with E-state index in [1.54, 1.807) is 23.5 Å². The van der Waals surface area contributed by atoms with E-state index in [4.69, 9.17) is 9.88 Å². The fraction of sp³-hybridized carbons (Fsp3) is 0.375. The third-order valence-electron chi connectivity index (χ3n) is 3.40. The topological polar surface area (TPSA) is 81.4 Å². The summed E-state index contributed by atoms with van der Waals surface area (Å²) in [5.41, 5.74) is 0. The molecule has 0 aliphatic heterocycles. The van der Waals surface area contributed by atoms with Crippen molar-refractivity contribution in [3.63, 3.8) is 0 Å². The average Bonchev–Trinajstić information content (AvgIpc) is 3.00. The van der Waals surface area contributed by atoms with Gasteiger partial charge in [0.2, 0.25) is 10.0 Å². The molecule has 1 heterocycles. The van der Waals surface area contributed by atoms with Gasteiger partial charge in [0.15, 0.2) is 0 Å². The molecule has 1 unspecified atom stereocenters. The fourth-order valence-corrected chi connectivity index (χ4v) is 3.73. The lowest BCUT2D eigenvalue weighted by Crippen LogP contribution is -2.29. The lowest BCUT2D eigenvalue weighted by molar-refractivity contribution is 0.294. The van der Waals surface area contributed by atoms with Crippen LogP contribution in [-0.2, 0) is 10.0 Å². The zero-order chi connectivity index (χ0) is 16.9. The SMILES string of the molecule is CC(C)C(NCCOc1ccc(S(N)(=O)=O)cc1)c1cccs1. The van der Waals surface area contributed by atoms with Crippen LogP contribution < -0.4 is 15.2 Å². The number of benzene rings is 1. The van der Waals surface area contributed by atoms with Crippen molar-refractivity contribution in [2.24, 2.45) is 11.1 Å². The molecular formula is C16H22N2O3S2. The van der Waals surface area contributed by atoms with Crippen molar-refractivity contribution in [3.05, 3.63) is 46.7 Å². The molecule has 1 atom stereocenters. The van der Waals surface area contributed by atoms with Crippen molar-refractivity contribution >= 4 is 21.4 Å². The zero-order valence-corrected chi connectivity index (χ0v) is 14.9. The van der Waals surface area contributed by atoms with E-state index in [1.807, 2.05) is 0 Å². The first-order chi connectivity index (χ1) is 10.9. The Morgan fingerprint density at radius 1 is 1.22 bits per heavy atom. The number of primary sulfonamides is 1. The van der Waals surface area contributed by atoms with Crippen LogP contribution in [0.2, 0.25) is 0 Å². The first-order valence-corrected chi connectivity index (χ1v) is 9.83. The molecule has 126 valence electrons. The summed E-state index contributed by atoms with van der Waals surface area (Å²) in [6, 6.07) is 10.6. The van der Waals surface area contributed by atoms with Gasteiger partial charge in [0.1, 0.15) is 12.4 Å². The molecule has 0 saturated carbocycles. The van der Waals surface area contributed by atoms with Crippen molar-refractivity contribution in [3.8, 4) is 5.75 Å². The Morgan fingerprint density at radius 2 is 1.91 bits per heavy atom. The van der Waals surface area contributed by atoms with E-state index in [1.165, 1.54) is 17.0 Å². The monoisotopic (exact) mass is 354 g/mol. The molecule has 0 aliphatic carbocycles. The van der Waals surface area contributed by atoms with E-state index in [0.717, 1.165) is 0 Å². The number of thiophene rings is 1. The molecule has 1 aromatic carbocycles. The van der Waals surface area contributed by atoms with Gasteiger partial charge < -0.3 is 10.1 Å². The van der Waals surface area contributed by atoms with Crippen molar-refractivity contribution in [2.75, 3.05) is 13.2 Å². The Bertz CT molecular complexity index is 695. The quantitative estimate of drug-likeness (QED) is 0.714. The molecule has 0 aliphatic rings. The van der Waals surface area contributed by atoms with Crippen LogP contribution in [0.5, 0.6) is 5.75 Å². The van der Waals surface area contributed by atoms with Crippen molar-refractivity contribution in [2.45, 2.75) is 24.8 Å². The van der Waals surface area contributed by atoms with Crippen LogP contribution in [0.25, 0.3) is 0 Å². The van der Waals surface area contributed by atoms with E-state index in [2.05, 4.69) is 36.7 Å². The van der Waals surface area contributed by atoms with Gasteiger partial charge in [0, 0.05) is 17.5 Å². The predicted octanol–water partition coefficient (Wildman–Crippen LogP) is 2.76. The van der Waals surface area contributed by atoms with Crippen LogP contribution in [0.4, 0.5) is 0 Å². The highest BCUT2D eigenvalue weighted by Crippen LogP contribution is 2.25. The summed E-state index contributed by atoms with van der Waals surface area (Å²) in [7, 11) is -3.66. The molecule has 0 radical (unpaired) electrons. The Morgan fingerprint density at radius 3 is 2.43 bits per heavy atom. The lowest BCUT2D eigenvalue weighted by atomic mass is 10.0. The summed E-state index contributed by atoms with van der Waals surface area (Å²) in [5.74, 6) is 1.11.